The van der Waals surface area contributed by atoms with Crippen LogP contribution in [0.5, 0.6) is 5.88 Å². The molecule has 0 atom stereocenters. The van der Waals surface area contributed by atoms with Crippen LogP contribution in [-0.2, 0) is 0 Å². The molecule has 0 amide bonds. The fourth-order valence-electron chi connectivity index (χ4n) is 0.395. The predicted octanol–water partition coefficient (Wildman–Crippen LogP) is 0.170. The number of aromatic hydroxyl groups is 1. The van der Waals surface area contributed by atoms with Crippen molar-refractivity contribution in [3.05, 3.63) is 18.2 Å². The van der Waals surface area contributed by atoms with Crippen LogP contribution in [0.15, 0.2) is 12.1 Å². The predicted molar refractivity (Wildman–Crippen MR) is 29.2 cm³/mol. The molecule has 0 aliphatic heterocycles. The minimum atomic E-state index is -0.0683. The van der Waals surface area contributed by atoms with Crippen LogP contribution < -0.4 is 5.73 Å². The molecule has 8 heavy (non-hydrogen) atoms. The minimum absolute atomic E-state index is 0.0683. The van der Waals surface area contributed by atoms with Gasteiger partial charge in [-0.15, -0.1) is 0 Å². The van der Waals surface area contributed by atoms with Gasteiger partial charge in [0.1, 0.15) is 5.82 Å². The lowest BCUT2D eigenvalue weighted by Gasteiger charge is -1.88. The van der Waals surface area contributed by atoms with Crippen LogP contribution in [0.25, 0.3) is 0 Å². The first-order chi connectivity index (χ1) is 3.79. The largest absolute Gasteiger partial charge is 0.493 e. The molecule has 1 aromatic heterocycles. The molecule has 0 unspecified atom stereocenters. The van der Waals surface area contributed by atoms with Crippen molar-refractivity contribution in [3.8, 4) is 5.88 Å². The second kappa shape index (κ2) is 1.69. The van der Waals surface area contributed by atoms with Gasteiger partial charge in [-0.3, -0.25) is 0 Å². The molecule has 3 heteroatoms. The fourth-order valence-corrected chi connectivity index (χ4v) is 0.395. The van der Waals surface area contributed by atoms with E-state index in [0.29, 0.717) is 0 Å². The third kappa shape index (κ3) is 0.872. The van der Waals surface area contributed by atoms with Gasteiger partial charge in [0.15, 0.2) is 0 Å². The zero-order valence-electron chi connectivity index (χ0n) is 4.13. The Morgan fingerprint density at radius 2 is 2.50 bits per heavy atom. The molecule has 0 aliphatic rings. The van der Waals surface area contributed by atoms with Crippen molar-refractivity contribution in [1.29, 1.82) is 0 Å². The maximum Gasteiger partial charge on any atom is 0.212 e. The summed E-state index contributed by atoms with van der Waals surface area (Å²) < 4.78 is 0. The average molecular weight is 109 g/mol. The van der Waals surface area contributed by atoms with Crippen LogP contribution in [0.4, 0.5) is 5.82 Å². The van der Waals surface area contributed by atoms with Crippen LogP contribution in [0.2, 0.25) is 0 Å². The fraction of sp³-hybridized carbons (Fsp3) is 0. The zero-order chi connectivity index (χ0) is 5.98. The van der Waals surface area contributed by atoms with Gasteiger partial charge in [-0.1, -0.05) is 0 Å². The Kier molecular flexibility index (Phi) is 1.04. The van der Waals surface area contributed by atoms with Crippen molar-refractivity contribution in [2.45, 2.75) is 0 Å². The Balaban J connectivity index is 3.08. The molecule has 0 aromatic carbocycles. The molecule has 0 spiro atoms. The minimum Gasteiger partial charge on any atom is -0.493 e. The highest BCUT2D eigenvalue weighted by Crippen LogP contribution is 2.03. The number of anilines is 1. The van der Waals surface area contributed by atoms with Crippen molar-refractivity contribution in [3.63, 3.8) is 0 Å². The Bertz CT molecular complexity index is 170. The highest BCUT2D eigenvalue weighted by atomic mass is 16.3. The summed E-state index contributed by atoms with van der Waals surface area (Å²) in [6.45, 7) is 0. The Morgan fingerprint density at radius 3 is 2.88 bits per heavy atom. The van der Waals surface area contributed by atoms with Gasteiger partial charge < -0.3 is 10.8 Å². The lowest BCUT2D eigenvalue weighted by atomic mass is 10.5. The summed E-state index contributed by atoms with van der Waals surface area (Å²) in [7, 11) is 0. The number of nitrogens with zero attached hydrogens (tertiary/aromatic N) is 1. The topological polar surface area (TPSA) is 59.1 Å². The van der Waals surface area contributed by atoms with Crippen molar-refractivity contribution < 1.29 is 5.11 Å². The van der Waals surface area contributed by atoms with E-state index in [2.05, 4.69) is 11.1 Å². The standard InChI is InChI=1S/C5H5N2O/c6-4-2-1-3-5(8)7-4/h1,3H,(H3,6,7,8). The highest BCUT2D eigenvalue weighted by molar-refractivity contribution is 5.28. The maximum atomic E-state index is 8.60. The van der Waals surface area contributed by atoms with Gasteiger partial charge in [0.2, 0.25) is 5.88 Å². The third-order valence-electron chi connectivity index (χ3n) is 0.699. The maximum absolute atomic E-state index is 8.60. The summed E-state index contributed by atoms with van der Waals surface area (Å²) in [6.07, 6.45) is 0. The number of nitrogens with two attached hydrogens (primary N) is 1. The van der Waals surface area contributed by atoms with Gasteiger partial charge in [-0.25, -0.2) is 0 Å². The van der Waals surface area contributed by atoms with Gasteiger partial charge >= 0.3 is 0 Å². The molecule has 0 saturated carbocycles. The van der Waals surface area contributed by atoms with Crippen LogP contribution in [0.1, 0.15) is 0 Å². The Hall–Kier alpha value is -1.25. The summed E-state index contributed by atoms with van der Waals surface area (Å²) in [5.41, 5.74) is 5.13. The molecule has 0 bridgehead atoms. The van der Waals surface area contributed by atoms with E-state index in [1.165, 1.54) is 12.1 Å². The lowest BCUT2D eigenvalue weighted by molar-refractivity contribution is 0.454. The van der Waals surface area contributed by atoms with Gasteiger partial charge in [-0.2, -0.15) is 4.98 Å². The molecule has 0 saturated heterocycles. The first-order valence-electron chi connectivity index (χ1n) is 2.12. The van der Waals surface area contributed by atoms with Crippen molar-refractivity contribution in [2.75, 3.05) is 5.73 Å². The molecule has 0 fully saturated rings. The second-order valence-electron chi connectivity index (χ2n) is 1.33. The second-order valence-corrected chi connectivity index (χ2v) is 1.33. The van der Waals surface area contributed by atoms with E-state index in [4.69, 9.17) is 10.8 Å². The number of hydrogen-bond acceptors (Lipinski definition) is 3. The lowest BCUT2D eigenvalue weighted by Crippen LogP contribution is -1.87. The van der Waals surface area contributed by atoms with Crippen molar-refractivity contribution in [2.24, 2.45) is 0 Å². The summed E-state index contributed by atoms with van der Waals surface area (Å²) in [5.74, 6) is 0.145. The van der Waals surface area contributed by atoms with Crippen LogP contribution in [0.3, 0.4) is 0 Å². The van der Waals surface area contributed by atoms with Crippen LogP contribution in [0, 0.1) is 6.07 Å². The van der Waals surface area contributed by atoms with Gasteiger partial charge in [0.05, 0.1) is 0 Å². The summed E-state index contributed by atoms with van der Waals surface area (Å²) in [6, 6.07) is 5.50. The molecule has 3 nitrogen and oxygen atoms in total. The molecular formula is C5H5N2O. The molecule has 1 radical (unpaired) electrons. The monoisotopic (exact) mass is 109 g/mol. The number of aromatic nitrogens is 1. The Labute approximate surface area is 46.8 Å². The molecule has 1 rings (SSSR count). The molecule has 1 heterocycles. The molecule has 0 aliphatic carbocycles. The van der Waals surface area contributed by atoms with Gasteiger partial charge in [0, 0.05) is 12.1 Å². The van der Waals surface area contributed by atoms with E-state index in [9.17, 15) is 0 Å². The van der Waals surface area contributed by atoms with E-state index < -0.39 is 0 Å². The molecule has 1 aromatic rings. The summed E-state index contributed by atoms with van der Waals surface area (Å²) >= 11 is 0. The number of hydrogen-bond donors (Lipinski definition) is 2. The zero-order valence-corrected chi connectivity index (χ0v) is 4.13. The smallest absolute Gasteiger partial charge is 0.212 e. The number of nitrogen functional groups attached to an aromatic ring is 1. The van der Waals surface area contributed by atoms with Crippen molar-refractivity contribution in [1.82, 2.24) is 4.98 Å². The van der Waals surface area contributed by atoms with Crippen molar-refractivity contribution >= 4 is 5.82 Å². The molecule has 3 N–H and O–H groups in total. The Morgan fingerprint density at radius 1 is 1.75 bits per heavy atom. The quantitative estimate of drug-likeness (QED) is 0.499. The van der Waals surface area contributed by atoms with E-state index >= 15 is 0 Å². The molecule has 41 valence electrons. The first-order valence-corrected chi connectivity index (χ1v) is 2.12. The van der Waals surface area contributed by atoms with Crippen LogP contribution >= 0.6 is 0 Å². The van der Waals surface area contributed by atoms with E-state index in [0.717, 1.165) is 0 Å². The first kappa shape index (κ1) is 4.90. The number of rotatable bonds is 0. The van der Waals surface area contributed by atoms with E-state index in [1.807, 2.05) is 0 Å². The number of pyridine rings is 1. The van der Waals surface area contributed by atoms with Gasteiger partial charge in [-0.05, 0) is 6.07 Å². The van der Waals surface area contributed by atoms with E-state index in [1.54, 1.807) is 0 Å². The summed E-state index contributed by atoms with van der Waals surface area (Å²) in [4.78, 5) is 3.45. The van der Waals surface area contributed by atoms with Gasteiger partial charge in [0.25, 0.3) is 0 Å². The normalized spacial score (nSPS) is 9.00. The molecular weight excluding hydrogens is 104 g/mol. The van der Waals surface area contributed by atoms with E-state index in [-0.39, 0.29) is 11.7 Å². The third-order valence-corrected chi connectivity index (χ3v) is 0.699. The average Bonchev–Trinajstić information content (AvgIpc) is 1.64. The highest BCUT2D eigenvalue weighted by Gasteiger charge is 1.86. The van der Waals surface area contributed by atoms with Crippen LogP contribution in [-0.4, -0.2) is 10.1 Å². The SMILES string of the molecule is Nc1[c]ccc(O)n1. The summed E-state index contributed by atoms with van der Waals surface area (Å²) in [5, 5.41) is 8.60.